The highest BCUT2D eigenvalue weighted by atomic mass is 16.5. The number of aliphatic hydroxyl groups excluding tert-OH is 2. The highest BCUT2D eigenvalue weighted by molar-refractivity contribution is 5.66. The van der Waals surface area contributed by atoms with E-state index in [9.17, 15) is 15.0 Å². The zero-order chi connectivity index (χ0) is 19.5. The number of para-hydroxylation sites is 1. The molecule has 3 N–H and O–H groups in total. The third-order valence-corrected chi connectivity index (χ3v) is 4.40. The first-order chi connectivity index (χ1) is 13.1. The average molecular weight is 376 g/mol. The van der Waals surface area contributed by atoms with E-state index in [1.54, 1.807) is 12.2 Å². The molecule has 1 aliphatic rings. The summed E-state index contributed by atoms with van der Waals surface area (Å²) in [6.45, 7) is 0.410. The normalized spacial score (nSPS) is 23.9. The van der Waals surface area contributed by atoms with Crippen LogP contribution in [0.15, 0.2) is 54.6 Å². The third-order valence-electron chi connectivity index (χ3n) is 4.40. The van der Waals surface area contributed by atoms with Gasteiger partial charge in [0.25, 0.3) is 0 Å². The van der Waals surface area contributed by atoms with Gasteiger partial charge in [0, 0.05) is 12.3 Å². The summed E-state index contributed by atoms with van der Waals surface area (Å²) >= 11 is 0. The second-order valence-corrected chi connectivity index (χ2v) is 6.60. The quantitative estimate of drug-likeness (QED) is 0.406. The fourth-order valence-corrected chi connectivity index (χ4v) is 2.90. The fourth-order valence-electron chi connectivity index (χ4n) is 2.90. The van der Waals surface area contributed by atoms with Crippen molar-refractivity contribution in [2.75, 3.05) is 13.2 Å². The number of aliphatic hydroxyl groups is 2. The fraction of sp³-hybridized carbons (Fsp3) is 0.476. The standard InChI is InChI=1S/C21H28O6/c22-16(14-26-17-8-4-3-5-9-17)12-13-20-18(19(23)15-27-20)10-6-1-2-7-11-21(24)25/h1,3-6,8-9,12-13,16,18-20,22-23H,2,7,10-11,14-15H2,(H,24,25)/b6-1-,13-12+/t16-,18+,19+,20-/m1/s1. The minimum Gasteiger partial charge on any atom is -0.491 e. The largest absolute Gasteiger partial charge is 0.491 e. The number of unbranched alkanes of at least 4 members (excludes halogenated alkanes) is 1. The second-order valence-electron chi connectivity index (χ2n) is 6.60. The van der Waals surface area contributed by atoms with E-state index in [1.807, 2.05) is 42.5 Å². The van der Waals surface area contributed by atoms with E-state index in [4.69, 9.17) is 14.6 Å². The molecule has 1 aromatic rings. The van der Waals surface area contributed by atoms with Gasteiger partial charge in [-0.05, 0) is 31.4 Å². The van der Waals surface area contributed by atoms with Crippen LogP contribution in [-0.4, -0.2) is 52.8 Å². The number of hydrogen-bond donors (Lipinski definition) is 3. The Hall–Kier alpha value is -2.15. The average Bonchev–Trinajstić information content (AvgIpc) is 3.01. The summed E-state index contributed by atoms with van der Waals surface area (Å²) in [5.74, 6) is -0.175. The zero-order valence-corrected chi connectivity index (χ0v) is 15.3. The first-order valence-corrected chi connectivity index (χ1v) is 9.27. The molecule has 0 aromatic heterocycles. The van der Waals surface area contributed by atoms with Crippen LogP contribution in [0.1, 0.15) is 25.7 Å². The molecular weight excluding hydrogens is 348 g/mol. The minimum atomic E-state index is -0.789. The van der Waals surface area contributed by atoms with Gasteiger partial charge in [0.05, 0.1) is 18.8 Å². The molecule has 1 fully saturated rings. The molecule has 1 heterocycles. The molecule has 148 valence electrons. The number of benzene rings is 1. The molecule has 1 aliphatic heterocycles. The molecule has 2 rings (SSSR count). The van der Waals surface area contributed by atoms with Gasteiger partial charge in [-0.3, -0.25) is 4.79 Å². The van der Waals surface area contributed by atoms with Crippen LogP contribution in [0.2, 0.25) is 0 Å². The monoisotopic (exact) mass is 376 g/mol. The van der Waals surface area contributed by atoms with Crippen molar-refractivity contribution in [2.24, 2.45) is 5.92 Å². The van der Waals surface area contributed by atoms with Crippen LogP contribution in [0.4, 0.5) is 0 Å². The van der Waals surface area contributed by atoms with E-state index in [2.05, 4.69) is 0 Å². The number of allylic oxidation sites excluding steroid dienone is 2. The molecule has 0 radical (unpaired) electrons. The van der Waals surface area contributed by atoms with Crippen molar-refractivity contribution < 1.29 is 29.6 Å². The molecule has 1 aromatic carbocycles. The van der Waals surface area contributed by atoms with Gasteiger partial charge in [0.1, 0.15) is 18.5 Å². The van der Waals surface area contributed by atoms with Gasteiger partial charge in [-0.15, -0.1) is 0 Å². The molecule has 0 bridgehead atoms. The van der Waals surface area contributed by atoms with Crippen molar-refractivity contribution in [3.05, 3.63) is 54.6 Å². The van der Waals surface area contributed by atoms with E-state index in [1.165, 1.54) is 0 Å². The van der Waals surface area contributed by atoms with Crippen molar-refractivity contribution in [3.63, 3.8) is 0 Å². The molecule has 0 unspecified atom stereocenters. The summed E-state index contributed by atoms with van der Waals surface area (Å²) in [6, 6.07) is 9.28. The van der Waals surface area contributed by atoms with Crippen LogP contribution >= 0.6 is 0 Å². The van der Waals surface area contributed by atoms with Crippen molar-refractivity contribution in [1.82, 2.24) is 0 Å². The highest BCUT2D eigenvalue weighted by Crippen LogP contribution is 2.26. The van der Waals surface area contributed by atoms with Gasteiger partial charge < -0.3 is 24.8 Å². The minimum absolute atomic E-state index is 0.0841. The molecule has 27 heavy (non-hydrogen) atoms. The zero-order valence-electron chi connectivity index (χ0n) is 15.3. The van der Waals surface area contributed by atoms with Crippen LogP contribution in [0.25, 0.3) is 0 Å². The Balaban J connectivity index is 1.75. The Morgan fingerprint density at radius 1 is 1.30 bits per heavy atom. The number of ether oxygens (including phenoxy) is 2. The van der Waals surface area contributed by atoms with Crippen molar-refractivity contribution in [1.29, 1.82) is 0 Å². The number of aliphatic carboxylic acids is 1. The molecule has 6 heteroatoms. The molecular formula is C21H28O6. The van der Waals surface area contributed by atoms with E-state index >= 15 is 0 Å². The lowest BCUT2D eigenvalue weighted by molar-refractivity contribution is -0.137. The number of carbonyl (C=O) groups is 1. The molecule has 0 aliphatic carbocycles. The summed E-state index contributed by atoms with van der Waals surface area (Å²) in [5, 5.41) is 28.8. The van der Waals surface area contributed by atoms with E-state index in [-0.39, 0.29) is 31.7 Å². The maximum absolute atomic E-state index is 10.5. The third kappa shape index (κ3) is 7.95. The Kier molecular flexibility index (Phi) is 9.04. The maximum atomic E-state index is 10.5. The van der Waals surface area contributed by atoms with E-state index in [0.29, 0.717) is 25.0 Å². The van der Waals surface area contributed by atoms with Gasteiger partial charge in [-0.2, -0.15) is 0 Å². The molecule has 0 saturated carbocycles. The van der Waals surface area contributed by atoms with Gasteiger partial charge in [0.2, 0.25) is 0 Å². The SMILES string of the molecule is O=C(O)CCC/C=C\C[C@H]1[C@@H](O)CO[C@@H]1/C=C/[C@@H](O)COc1ccccc1. The van der Waals surface area contributed by atoms with Gasteiger partial charge in [-0.1, -0.05) is 42.5 Å². The Morgan fingerprint density at radius 2 is 2.07 bits per heavy atom. The summed E-state index contributed by atoms with van der Waals surface area (Å²) in [4.78, 5) is 10.5. The van der Waals surface area contributed by atoms with E-state index in [0.717, 1.165) is 0 Å². The van der Waals surface area contributed by atoms with Crippen molar-refractivity contribution in [3.8, 4) is 5.75 Å². The van der Waals surface area contributed by atoms with Gasteiger partial charge in [-0.25, -0.2) is 0 Å². The number of carboxylic acids is 1. The molecule has 1 saturated heterocycles. The predicted octanol–water partition coefficient (Wildman–Crippen LogP) is 2.56. The van der Waals surface area contributed by atoms with Crippen LogP contribution in [0, 0.1) is 5.92 Å². The van der Waals surface area contributed by atoms with Crippen LogP contribution < -0.4 is 4.74 Å². The summed E-state index contributed by atoms with van der Waals surface area (Å²) in [6.07, 6.45) is 7.83. The van der Waals surface area contributed by atoms with Gasteiger partial charge >= 0.3 is 5.97 Å². The lowest BCUT2D eigenvalue weighted by Crippen LogP contribution is -2.23. The van der Waals surface area contributed by atoms with Crippen LogP contribution in [-0.2, 0) is 9.53 Å². The topological polar surface area (TPSA) is 96.2 Å². The first-order valence-electron chi connectivity index (χ1n) is 9.27. The van der Waals surface area contributed by atoms with Crippen LogP contribution in [0.3, 0.4) is 0 Å². The highest BCUT2D eigenvalue weighted by Gasteiger charge is 2.33. The van der Waals surface area contributed by atoms with Crippen molar-refractivity contribution in [2.45, 2.75) is 44.0 Å². The lowest BCUT2D eigenvalue weighted by Gasteiger charge is -2.16. The molecule has 6 nitrogen and oxygen atoms in total. The molecule has 4 atom stereocenters. The van der Waals surface area contributed by atoms with Gasteiger partial charge in [0.15, 0.2) is 0 Å². The van der Waals surface area contributed by atoms with E-state index < -0.39 is 18.2 Å². The number of carboxylic acid groups (broad SMARTS) is 1. The summed E-state index contributed by atoms with van der Waals surface area (Å²) in [7, 11) is 0. The smallest absolute Gasteiger partial charge is 0.303 e. The second kappa shape index (κ2) is 11.5. The Labute approximate surface area is 159 Å². The molecule has 0 amide bonds. The van der Waals surface area contributed by atoms with Crippen LogP contribution in [0.5, 0.6) is 5.75 Å². The lowest BCUT2D eigenvalue weighted by atomic mass is 9.94. The molecule has 0 spiro atoms. The Morgan fingerprint density at radius 3 is 2.81 bits per heavy atom. The van der Waals surface area contributed by atoms with Crippen molar-refractivity contribution >= 4 is 5.97 Å². The summed E-state index contributed by atoms with van der Waals surface area (Å²) < 4.78 is 11.1. The maximum Gasteiger partial charge on any atom is 0.303 e. The first kappa shape index (κ1) is 21.2. The number of hydrogen-bond acceptors (Lipinski definition) is 5. The Bertz CT molecular complexity index is 612. The number of rotatable bonds is 11. The summed E-state index contributed by atoms with van der Waals surface area (Å²) in [5.41, 5.74) is 0. The predicted molar refractivity (Wildman–Crippen MR) is 102 cm³/mol.